The highest BCUT2D eigenvalue weighted by molar-refractivity contribution is 4.99. The van der Waals surface area contributed by atoms with Crippen molar-refractivity contribution in [3.05, 3.63) is 0 Å². The van der Waals surface area contributed by atoms with Gasteiger partial charge in [0.05, 0.1) is 6.17 Å². The minimum absolute atomic E-state index is 0.146. The van der Waals surface area contributed by atoms with Crippen molar-refractivity contribution in [2.45, 2.75) is 50.4 Å². The molecular formula is C17H35N5. The number of nitrogens with two attached hydrogens (primary N) is 2. The van der Waals surface area contributed by atoms with E-state index >= 15 is 0 Å². The van der Waals surface area contributed by atoms with Gasteiger partial charge in [-0.1, -0.05) is 0 Å². The minimum atomic E-state index is 0.146. The largest absolute Gasteiger partial charge is 0.329 e. The van der Waals surface area contributed by atoms with Crippen LogP contribution in [0.4, 0.5) is 0 Å². The quantitative estimate of drug-likeness (QED) is 0.595. The Morgan fingerprint density at radius 3 is 2.36 bits per heavy atom. The van der Waals surface area contributed by atoms with Crippen LogP contribution in [0.15, 0.2) is 0 Å². The molecule has 0 aromatic rings. The Morgan fingerprint density at radius 1 is 1.05 bits per heavy atom. The maximum absolute atomic E-state index is 6.26. The van der Waals surface area contributed by atoms with Gasteiger partial charge in [-0.15, -0.1) is 0 Å². The van der Waals surface area contributed by atoms with E-state index in [1.54, 1.807) is 0 Å². The first-order chi connectivity index (χ1) is 10.6. The maximum atomic E-state index is 6.26. The van der Waals surface area contributed by atoms with E-state index in [0.29, 0.717) is 24.5 Å². The molecule has 3 rings (SSSR count). The third-order valence-corrected chi connectivity index (χ3v) is 6.69. The normalized spacial score (nSPS) is 44.0. The lowest BCUT2D eigenvalue weighted by atomic mass is 9.70. The average Bonchev–Trinajstić information content (AvgIpc) is 2.97. The zero-order valence-electron chi connectivity index (χ0n) is 14.3. The molecule has 5 unspecified atom stereocenters. The summed E-state index contributed by atoms with van der Waals surface area (Å²) in [6, 6.07) is 0.944. The molecule has 2 heterocycles. The molecule has 5 heteroatoms. The van der Waals surface area contributed by atoms with Crippen LogP contribution in [0, 0.1) is 23.7 Å². The van der Waals surface area contributed by atoms with Gasteiger partial charge < -0.3 is 27.0 Å². The van der Waals surface area contributed by atoms with E-state index in [1.807, 2.05) is 0 Å². The van der Waals surface area contributed by atoms with Crippen LogP contribution in [0.3, 0.4) is 0 Å². The number of fused-ring (bicyclic) bond motifs is 1. The van der Waals surface area contributed by atoms with Gasteiger partial charge in [0, 0.05) is 25.2 Å². The summed E-state index contributed by atoms with van der Waals surface area (Å²) < 4.78 is 0. The van der Waals surface area contributed by atoms with Crippen molar-refractivity contribution in [1.82, 2.24) is 15.5 Å². The lowest BCUT2D eigenvalue weighted by Gasteiger charge is -2.42. The van der Waals surface area contributed by atoms with E-state index in [2.05, 4.69) is 29.6 Å². The highest BCUT2D eigenvalue weighted by Gasteiger charge is 2.44. The summed E-state index contributed by atoms with van der Waals surface area (Å²) in [6.07, 6.45) is 7.33. The zero-order valence-corrected chi connectivity index (χ0v) is 14.3. The van der Waals surface area contributed by atoms with Gasteiger partial charge in [-0.05, 0) is 76.4 Å². The van der Waals surface area contributed by atoms with E-state index in [4.69, 9.17) is 11.5 Å². The Labute approximate surface area is 135 Å². The van der Waals surface area contributed by atoms with Gasteiger partial charge in [0.2, 0.25) is 0 Å². The Kier molecular flexibility index (Phi) is 5.40. The van der Waals surface area contributed by atoms with Crippen LogP contribution in [-0.2, 0) is 0 Å². The molecule has 0 aromatic carbocycles. The topological polar surface area (TPSA) is 79.3 Å². The number of hydrogen-bond donors (Lipinski definition) is 4. The molecule has 22 heavy (non-hydrogen) atoms. The van der Waals surface area contributed by atoms with Crippen molar-refractivity contribution in [2.75, 3.05) is 33.7 Å². The lowest BCUT2D eigenvalue weighted by Crippen LogP contribution is -2.52. The number of piperidine rings is 1. The third kappa shape index (κ3) is 3.34. The first-order valence-electron chi connectivity index (χ1n) is 9.19. The number of hydrogen-bond acceptors (Lipinski definition) is 5. The van der Waals surface area contributed by atoms with E-state index in [0.717, 1.165) is 24.4 Å². The molecular weight excluding hydrogens is 274 g/mol. The fraction of sp³-hybridized carbons (Fsp3) is 1.00. The molecule has 2 saturated heterocycles. The smallest absolute Gasteiger partial charge is 0.0604 e. The Balaban J connectivity index is 1.56. The fourth-order valence-corrected chi connectivity index (χ4v) is 5.15. The molecule has 0 radical (unpaired) electrons. The molecule has 2 aliphatic heterocycles. The van der Waals surface area contributed by atoms with Crippen LogP contribution in [-0.4, -0.2) is 56.9 Å². The molecule has 6 N–H and O–H groups in total. The van der Waals surface area contributed by atoms with Crippen LogP contribution in [0.2, 0.25) is 0 Å². The average molecular weight is 310 g/mol. The summed E-state index contributed by atoms with van der Waals surface area (Å²) >= 11 is 0. The van der Waals surface area contributed by atoms with Gasteiger partial charge in [-0.2, -0.15) is 0 Å². The Bertz CT molecular complexity index is 353. The molecule has 0 bridgehead atoms. The van der Waals surface area contributed by atoms with E-state index in [9.17, 15) is 0 Å². The van der Waals surface area contributed by atoms with Crippen molar-refractivity contribution in [1.29, 1.82) is 0 Å². The SMILES string of the molecule is CN(C)C1CCC(C2CNC3NCC(C(N)CN)C3C2)CC1. The van der Waals surface area contributed by atoms with Crippen molar-refractivity contribution < 1.29 is 0 Å². The Morgan fingerprint density at radius 2 is 1.73 bits per heavy atom. The van der Waals surface area contributed by atoms with Gasteiger partial charge in [-0.3, -0.25) is 0 Å². The van der Waals surface area contributed by atoms with Crippen LogP contribution >= 0.6 is 0 Å². The number of nitrogens with zero attached hydrogens (tertiary/aromatic N) is 1. The van der Waals surface area contributed by atoms with Gasteiger partial charge >= 0.3 is 0 Å². The molecule has 3 aliphatic rings. The first kappa shape index (κ1) is 16.7. The molecule has 0 spiro atoms. The van der Waals surface area contributed by atoms with E-state index in [1.165, 1.54) is 38.6 Å². The summed E-state index contributed by atoms with van der Waals surface area (Å²) in [4.78, 5) is 2.41. The Hall–Kier alpha value is -0.200. The zero-order chi connectivity index (χ0) is 15.7. The van der Waals surface area contributed by atoms with Crippen molar-refractivity contribution in [2.24, 2.45) is 35.1 Å². The van der Waals surface area contributed by atoms with Gasteiger partial charge in [0.1, 0.15) is 0 Å². The summed E-state index contributed by atoms with van der Waals surface area (Å²) in [7, 11) is 4.45. The van der Waals surface area contributed by atoms with Crippen LogP contribution in [0.25, 0.3) is 0 Å². The van der Waals surface area contributed by atoms with Gasteiger partial charge in [-0.25, -0.2) is 0 Å². The molecule has 5 nitrogen and oxygen atoms in total. The molecule has 3 fully saturated rings. The molecule has 1 aliphatic carbocycles. The summed E-state index contributed by atoms with van der Waals surface area (Å²) in [5.41, 5.74) is 12.1. The number of rotatable bonds is 4. The van der Waals surface area contributed by atoms with Crippen LogP contribution in [0.1, 0.15) is 32.1 Å². The number of nitrogens with one attached hydrogen (secondary N) is 2. The minimum Gasteiger partial charge on any atom is -0.329 e. The van der Waals surface area contributed by atoms with Gasteiger partial charge in [0.25, 0.3) is 0 Å². The van der Waals surface area contributed by atoms with Crippen molar-refractivity contribution in [3.63, 3.8) is 0 Å². The fourth-order valence-electron chi connectivity index (χ4n) is 5.15. The van der Waals surface area contributed by atoms with Crippen molar-refractivity contribution in [3.8, 4) is 0 Å². The maximum Gasteiger partial charge on any atom is 0.0604 e. The van der Waals surface area contributed by atoms with Crippen LogP contribution in [0.5, 0.6) is 0 Å². The standard InChI is InChI=1S/C17H35N5/c1-22(2)13-5-3-11(4-6-13)12-7-14-15(16(19)8-18)10-21-17(14)20-9-12/h11-17,20-21H,3-10,18-19H2,1-2H3. The first-order valence-corrected chi connectivity index (χ1v) is 9.19. The molecule has 0 aromatic heterocycles. The second-order valence-electron chi connectivity index (χ2n) is 8.05. The van der Waals surface area contributed by atoms with E-state index in [-0.39, 0.29) is 6.04 Å². The van der Waals surface area contributed by atoms with Crippen molar-refractivity contribution >= 4 is 0 Å². The molecule has 5 atom stereocenters. The summed E-state index contributed by atoms with van der Waals surface area (Å²) in [5.74, 6) is 2.95. The summed E-state index contributed by atoms with van der Waals surface area (Å²) in [6.45, 7) is 2.81. The predicted molar refractivity (Wildman–Crippen MR) is 91.3 cm³/mol. The molecule has 0 amide bonds. The third-order valence-electron chi connectivity index (χ3n) is 6.69. The second-order valence-corrected chi connectivity index (χ2v) is 8.05. The highest BCUT2D eigenvalue weighted by Crippen LogP contribution is 2.40. The lowest BCUT2D eigenvalue weighted by molar-refractivity contribution is 0.102. The predicted octanol–water partition coefficient (Wildman–Crippen LogP) is 0.164. The molecule has 128 valence electrons. The molecule has 1 saturated carbocycles. The monoisotopic (exact) mass is 309 g/mol. The summed E-state index contributed by atoms with van der Waals surface area (Å²) in [5, 5.41) is 7.37. The van der Waals surface area contributed by atoms with Crippen LogP contribution < -0.4 is 22.1 Å². The van der Waals surface area contributed by atoms with Gasteiger partial charge in [0.15, 0.2) is 0 Å². The van der Waals surface area contributed by atoms with E-state index < -0.39 is 0 Å². The second kappa shape index (κ2) is 7.14. The highest BCUT2D eigenvalue weighted by atomic mass is 15.2.